The third kappa shape index (κ3) is 3.73. The molecule has 164 valence electrons. The molecule has 9 nitrogen and oxygen atoms in total. The Kier molecular flexibility index (Phi) is 5.99. The van der Waals surface area contributed by atoms with Gasteiger partial charge in [0.2, 0.25) is 5.95 Å². The molecule has 1 unspecified atom stereocenters. The van der Waals surface area contributed by atoms with Crippen molar-refractivity contribution in [2.45, 2.75) is 50.9 Å². The van der Waals surface area contributed by atoms with E-state index < -0.39 is 34.3 Å². The van der Waals surface area contributed by atoms with Gasteiger partial charge in [0.25, 0.3) is 10.0 Å². The van der Waals surface area contributed by atoms with E-state index in [4.69, 9.17) is 5.73 Å². The number of alkyl halides is 2. The summed E-state index contributed by atoms with van der Waals surface area (Å²) < 4.78 is 51.3. The second kappa shape index (κ2) is 8.05. The van der Waals surface area contributed by atoms with Gasteiger partial charge in [-0.15, -0.1) is 5.10 Å². The van der Waals surface area contributed by atoms with E-state index >= 15 is 0 Å². The number of piperidine rings is 1. The van der Waals surface area contributed by atoms with Crippen LogP contribution in [0.25, 0.3) is 5.52 Å². The predicted molar refractivity (Wildman–Crippen MR) is 105 cm³/mol. The van der Waals surface area contributed by atoms with Crippen LogP contribution in [0.5, 0.6) is 0 Å². The molecule has 1 aliphatic rings. The van der Waals surface area contributed by atoms with Gasteiger partial charge in [-0.1, -0.05) is 20.8 Å². The minimum atomic E-state index is -4.78. The van der Waals surface area contributed by atoms with Gasteiger partial charge in [-0.3, -0.25) is 0 Å². The molecule has 0 aromatic carbocycles. The maximum Gasteiger partial charge on any atom is 0.350 e. The van der Waals surface area contributed by atoms with E-state index in [1.165, 1.54) is 0 Å². The molecule has 0 aliphatic carbocycles. The van der Waals surface area contributed by atoms with Crippen molar-refractivity contribution in [2.24, 2.45) is 5.92 Å². The minimum Gasteiger partial charge on any atom is -0.391 e. The standard InChI is InChI=1S/C18H24F2N6O3S/c1-9(2)10(3)16-11(7-21)6-13-15(23-18(22)24-26(13)16)12-4-5-25(8-14(12)27)30(28,29)17(19)20/h6,9-10,12,14,17,27H,4-5,8H2,1-3H3,(H2,22,24)/t10?,12-,14-/m0/s1. The normalized spacial score (nSPS) is 22.0. The van der Waals surface area contributed by atoms with E-state index in [0.29, 0.717) is 26.8 Å². The summed E-state index contributed by atoms with van der Waals surface area (Å²) in [7, 11) is -4.78. The second-order valence-corrected chi connectivity index (χ2v) is 9.77. The highest BCUT2D eigenvalue weighted by Gasteiger charge is 2.40. The largest absolute Gasteiger partial charge is 0.391 e. The van der Waals surface area contributed by atoms with Crippen LogP contribution < -0.4 is 5.73 Å². The monoisotopic (exact) mass is 442 g/mol. The number of nitrogens with zero attached hydrogens (tertiary/aromatic N) is 5. The lowest BCUT2D eigenvalue weighted by Crippen LogP contribution is -2.47. The lowest BCUT2D eigenvalue weighted by molar-refractivity contribution is 0.0804. The number of aromatic nitrogens is 3. The zero-order valence-corrected chi connectivity index (χ0v) is 17.6. The lowest BCUT2D eigenvalue weighted by atomic mass is 9.91. The molecule has 1 fully saturated rings. The van der Waals surface area contributed by atoms with Gasteiger partial charge in [-0.25, -0.2) is 17.9 Å². The second-order valence-electron chi connectivity index (χ2n) is 7.87. The molecule has 2 aromatic heterocycles. The maximum atomic E-state index is 12.9. The average molecular weight is 442 g/mol. The van der Waals surface area contributed by atoms with Crippen LogP contribution in [0.4, 0.5) is 14.7 Å². The summed E-state index contributed by atoms with van der Waals surface area (Å²) in [5.74, 6) is -4.07. The Bertz CT molecular complexity index is 1100. The Morgan fingerprint density at radius 3 is 2.57 bits per heavy atom. The number of sulfonamides is 1. The molecule has 0 amide bonds. The van der Waals surface area contributed by atoms with Crippen molar-refractivity contribution < 1.29 is 22.3 Å². The van der Waals surface area contributed by atoms with Crippen molar-refractivity contribution in [3.63, 3.8) is 0 Å². The highest BCUT2D eigenvalue weighted by atomic mass is 32.2. The van der Waals surface area contributed by atoms with Gasteiger partial charge in [0, 0.05) is 24.9 Å². The predicted octanol–water partition coefficient (Wildman–Crippen LogP) is 1.65. The number of nitrogen functional groups attached to an aromatic ring is 1. The Morgan fingerprint density at radius 2 is 2.03 bits per heavy atom. The fraction of sp³-hybridized carbons (Fsp3) is 0.611. The number of fused-ring (bicyclic) bond motifs is 1. The summed E-state index contributed by atoms with van der Waals surface area (Å²) in [5.41, 5.74) is 7.82. The molecule has 12 heteroatoms. The van der Waals surface area contributed by atoms with E-state index in [9.17, 15) is 27.6 Å². The molecule has 0 bridgehead atoms. The number of β-amino-alcohol motifs (C(OH)–C–C–N with tert-alkyl or cyclic N) is 1. The minimum absolute atomic E-state index is 0.0211. The first-order chi connectivity index (χ1) is 14.0. The Balaban J connectivity index is 2.07. The van der Waals surface area contributed by atoms with Crippen LogP contribution in [0, 0.1) is 17.2 Å². The third-order valence-corrected chi connectivity index (χ3v) is 7.25. The van der Waals surface area contributed by atoms with Gasteiger partial charge in [0.05, 0.1) is 28.6 Å². The molecule has 0 saturated carbocycles. The zero-order valence-electron chi connectivity index (χ0n) is 16.8. The van der Waals surface area contributed by atoms with Crippen LogP contribution in [-0.2, 0) is 10.0 Å². The summed E-state index contributed by atoms with van der Waals surface area (Å²) in [4.78, 5) is 4.25. The Hall–Kier alpha value is -2.36. The molecule has 3 atom stereocenters. The quantitative estimate of drug-likeness (QED) is 0.718. The van der Waals surface area contributed by atoms with Crippen molar-refractivity contribution in [3.8, 4) is 6.07 Å². The van der Waals surface area contributed by atoms with E-state index in [-0.39, 0.29) is 30.7 Å². The van der Waals surface area contributed by atoms with Gasteiger partial charge < -0.3 is 10.8 Å². The number of hydrogen-bond acceptors (Lipinski definition) is 7. The van der Waals surface area contributed by atoms with Crippen LogP contribution in [0.15, 0.2) is 6.07 Å². The van der Waals surface area contributed by atoms with Crippen LogP contribution in [0.3, 0.4) is 0 Å². The van der Waals surface area contributed by atoms with Gasteiger partial charge in [-0.2, -0.15) is 18.3 Å². The van der Waals surface area contributed by atoms with Crippen LogP contribution >= 0.6 is 0 Å². The molecule has 1 saturated heterocycles. The summed E-state index contributed by atoms with van der Waals surface area (Å²) in [5, 5.41) is 24.5. The lowest BCUT2D eigenvalue weighted by Gasteiger charge is -2.34. The summed E-state index contributed by atoms with van der Waals surface area (Å²) in [6.45, 7) is 5.33. The number of anilines is 1. The summed E-state index contributed by atoms with van der Waals surface area (Å²) in [6.07, 6.45) is -1.20. The van der Waals surface area contributed by atoms with E-state index in [1.807, 2.05) is 20.8 Å². The number of halogens is 2. The molecule has 30 heavy (non-hydrogen) atoms. The van der Waals surface area contributed by atoms with E-state index in [0.717, 1.165) is 0 Å². The first-order valence-corrected chi connectivity index (χ1v) is 11.0. The fourth-order valence-electron chi connectivity index (χ4n) is 3.79. The number of nitriles is 1. The van der Waals surface area contributed by atoms with Crippen molar-refractivity contribution in [2.75, 3.05) is 18.8 Å². The van der Waals surface area contributed by atoms with E-state index in [1.54, 1.807) is 10.6 Å². The number of nitrogens with two attached hydrogens (primary N) is 1. The van der Waals surface area contributed by atoms with Crippen LogP contribution in [0.2, 0.25) is 0 Å². The topological polar surface area (TPSA) is 138 Å². The number of hydrogen-bond donors (Lipinski definition) is 2. The Labute approximate surface area is 173 Å². The highest BCUT2D eigenvalue weighted by molar-refractivity contribution is 7.89. The summed E-state index contributed by atoms with van der Waals surface area (Å²) in [6, 6.07) is 3.78. The molecular weight excluding hydrogens is 418 g/mol. The van der Waals surface area contributed by atoms with Gasteiger partial charge >= 0.3 is 5.76 Å². The van der Waals surface area contributed by atoms with Crippen LogP contribution in [-0.4, -0.2) is 57.4 Å². The molecule has 3 N–H and O–H groups in total. The average Bonchev–Trinajstić information content (AvgIpc) is 3.04. The fourth-order valence-corrected chi connectivity index (χ4v) is 4.74. The van der Waals surface area contributed by atoms with Gasteiger partial charge in [0.15, 0.2) is 0 Å². The molecular formula is C18H24F2N6O3S. The number of rotatable bonds is 5. The maximum absolute atomic E-state index is 12.9. The number of aliphatic hydroxyl groups is 1. The molecule has 0 spiro atoms. The van der Waals surface area contributed by atoms with Gasteiger partial charge in [0.1, 0.15) is 6.07 Å². The van der Waals surface area contributed by atoms with Crippen molar-refractivity contribution in [1.29, 1.82) is 5.26 Å². The summed E-state index contributed by atoms with van der Waals surface area (Å²) >= 11 is 0. The SMILES string of the molecule is CC(C)C(C)c1c(C#N)cc2c([C@H]3CCN(S(=O)(=O)C(F)F)C[C@@H]3O)nc(N)nn12. The third-order valence-electron chi connectivity index (χ3n) is 5.75. The van der Waals surface area contributed by atoms with Crippen molar-refractivity contribution in [3.05, 3.63) is 23.0 Å². The van der Waals surface area contributed by atoms with Crippen molar-refractivity contribution >= 4 is 21.5 Å². The molecule has 2 aromatic rings. The highest BCUT2D eigenvalue weighted by Crippen LogP contribution is 2.35. The zero-order chi connectivity index (χ0) is 22.4. The molecule has 0 radical (unpaired) electrons. The Morgan fingerprint density at radius 1 is 1.37 bits per heavy atom. The number of aliphatic hydroxyl groups excluding tert-OH is 1. The first-order valence-electron chi connectivity index (χ1n) is 9.53. The molecule has 3 heterocycles. The van der Waals surface area contributed by atoms with Crippen molar-refractivity contribution in [1.82, 2.24) is 18.9 Å². The molecule has 3 rings (SSSR count). The van der Waals surface area contributed by atoms with E-state index in [2.05, 4.69) is 16.2 Å². The molecule has 1 aliphatic heterocycles. The van der Waals surface area contributed by atoms with Gasteiger partial charge in [-0.05, 0) is 18.4 Å². The smallest absolute Gasteiger partial charge is 0.350 e. The van der Waals surface area contributed by atoms with Crippen LogP contribution in [0.1, 0.15) is 56.0 Å². The first kappa shape index (κ1) is 22.3.